The summed E-state index contributed by atoms with van der Waals surface area (Å²) >= 11 is 0. The van der Waals surface area contributed by atoms with Gasteiger partial charge in [-0.15, -0.1) is 0 Å². The van der Waals surface area contributed by atoms with E-state index >= 15 is 0 Å². The van der Waals surface area contributed by atoms with Crippen LogP contribution in [0.4, 0.5) is 0 Å². The molecule has 0 saturated carbocycles. The van der Waals surface area contributed by atoms with Crippen LogP contribution >= 0.6 is 0 Å². The standard InChI is InChI=1S/C22H21N5O/c23-11-16-6-8-17(9-7-16)12-24-22(28)21-10-19-20(26-15-25-19)14-27(21)13-18-4-2-1-3-5-18/h1-9,15,21H,10,12-14H2,(H,24,28)(H,25,26)/t21-/m0/s1. The minimum atomic E-state index is -0.269. The number of hydrogen-bond acceptors (Lipinski definition) is 4. The van der Waals surface area contributed by atoms with Crippen LogP contribution in [0.25, 0.3) is 0 Å². The number of benzene rings is 2. The van der Waals surface area contributed by atoms with Crippen LogP contribution in [0, 0.1) is 11.3 Å². The van der Waals surface area contributed by atoms with Gasteiger partial charge in [-0.2, -0.15) is 5.26 Å². The molecule has 6 heteroatoms. The van der Waals surface area contributed by atoms with Crippen molar-refractivity contribution >= 4 is 5.91 Å². The fourth-order valence-electron chi connectivity index (χ4n) is 3.53. The Morgan fingerprint density at radius 3 is 2.71 bits per heavy atom. The molecule has 1 amide bonds. The zero-order chi connectivity index (χ0) is 19.3. The number of amides is 1. The molecule has 0 fully saturated rings. The van der Waals surface area contributed by atoms with Gasteiger partial charge in [0, 0.05) is 26.1 Å². The maximum atomic E-state index is 13.0. The molecule has 2 heterocycles. The van der Waals surface area contributed by atoms with Crippen molar-refractivity contribution in [3.05, 3.63) is 89.0 Å². The van der Waals surface area contributed by atoms with Crippen molar-refractivity contribution < 1.29 is 4.79 Å². The Kier molecular flexibility index (Phi) is 5.18. The number of hydrogen-bond donors (Lipinski definition) is 2. The minimum Gasteiger partial charge on any atom is -0.351 e. The van der Waals surface area contributed by atoms with E-state index in [-0.39, 0.29) is 11.9 Å². The van der Waals surface area contributed by atoms with Gasteiger partial charge in [0.05, 0.1) is 35.4 Å². The van der Waals surface area contributed by atoms with Crippen molar-refractivity contribution in [1.29, 1.82) is 5.26 Å². The number of carbonyl (C=O) groups excluding carboxylic acids is 1. The Bertz CT molecular complexity index is 988. The van der Waals surface area contributed by atoms with Crippen LogP contribution < -0.4 is 5.32 Å². The van der Waals surface area contributed by atoms with Gasteiger partial charge < -0.3 is 10.3 Å². The van der Waals surface area contributed by atoms with Crippen molar-refractivity contribution in [3.8, 4) is 6.07 Å². The summed E-state index contributed by atoms with van der Waals surface area (Å²) in [6.07, 6.45) is 2.28. The van der Waals surface area contributed by atoms with E-state index in [1.807, 2.05) is 30.3 Å². The molecule has 0 spiro atoms. The van der Waals surface area contributed by atoms with Crippen molar-refractivity contribution in [2.45, 2.75) is 32.1 Å². The molecule has 3 aromatic rings. The quantitative estimate of drug-likeness (QED) is 0.722. The molecular weight excluding hydrogens is 350 g/mol. The molecule has 0 unspecified atom stereocenters. The molecular formula is C22H21N5O. The number of nitriles is 1. The van der Waals surface area contributed by atoms with Crippen LogP contribution in [-0.4, -0.2) is 26.8 Å². The number of fused-ring (bicyclic) bond motifs is 1. The number of rotatable bonds is 5. The molecule has 0 saturated heterocycles. The van der Waals surface area contributed by atoms with Gasteiger partial charge in [-0.25, -0.2) is 4.98 Å². The van der Waals surface area contributed by atoms with Gasteiger partial charge >= 0.3 is 0 Å². The average Bonchev–Trinajstić information content (AvgIpc) is 3.20. The molecule has 2 aromatic carbocycles. The first-order chi connectivity index (χ1) is 13.7. The third kappa shape index (κ3) is 3.95. The monoisotopic (exact) mass is 371 g/mol. The van der Waals surface area contributed by atoms with E-state index in [2.05, 4.69) is 38.4 Å². The summed E-state index contributed by atoms with van der Waals surface area (Å²) in [4.78, 5) is 22.7. The molecule has 0 radical (unpaired) electrons. The number of carbonyl (C=O) groups is 1. The van der Waals surface area contributed by atoms with E-state index < -0.39 is 0 Å². The first-order valence-electron chi connectivity index (χ1n) is 9.29. The van der Waals surface area contributed by atoms with E-state index in [0.717, 1.165) is 17.0 Å². The SMILES string of the molecule is N#Cc1ccc(CNC(=O)[C@@H]2Cc3nc[nH]c3CN2Cc2ccccc2)cc1. The summed E-state index contributed by atoms with van der Waals surface area (Å²) in [5.41, 5.74) is 4.80. The molecule has 4 rings (SSSR count). The summed E-state index contributed by atoms with van der Waals surface area (Å²) in [6.45, 7) is 1.81. The number of aromatic nitrogens is 2. The molecule has 0 bridgehead atoms. The van der Waals surface area contributed by atoms with Gasteiger partial charge in [-0.3, -0.25) is 9.69 Å². The number of nitrogens with zero attached hydrogens (tertiary/aromatic N) is 3. The summed E-state index contributed by atoms with van der Waals surface area (Å²) in [5, 5.41) is 11.9. The Balaban J connectivity index is 1.47. The van der Waals surface area contributed by atoms with Crippen molar-refractivity contribution in [3.63, 3.8) is 0 Å². The number of H-pyrrole nitrogens is 1. The normalized spacial score (nSPS) is 16.2. The predicted octanol–water partition coefficient (Wildman–Crippen LogP) is 2.52. The lowest BCUT2D eigenvalue weighted by atomic mass is 10.0. The van der Waals surface area contributed by atoms with E-state index in [1.54, 1.807) is 18.5 Å². The highest BCUT2D eigenvalue weighted by Gasteiger charge is 2.32. The van der Waals surface area contributed by atoms with Gasteiger partial charge in [0.15, 0.2) is 0 Å². The molecule has 1 atom stereocenters. The minimum absolute atomic E-state index is 0.00561. The van der Waals surface area contributed by atoms with Crippen molar-refractivity contribution in [1.82, 2.24) is 20.2 Å². The van der Waals surface area contributed by atoms with E-state index in [0.29, 0.717) is 31.6 Å². The van der Waals surface area contributed by atoms with Gasteiger partial charge in [0.25, 0.3) is 0 Å². The second-order valence-electron chi connectivity index (χ2n) is 6.96. The van der Waals surface area contributed by atoms with E-state index in [9.17, 15) is 4.79 Å². The topological polar surface area (TPSA) is 84.8 Å². The summed E-state index contributed by atoms with van der Waals surface area (Å²) in [7, 11) is 0. The Labute approximate surface area is 163 Å². The van der Waals surface area contributed by atoms with Crippen molar-refractivity contribution in [2.75, 3.05) is 0 Å². The van der Waals surface area contributed by atoms with Gasteiger partial charge in [0.2, 0.25) is 5.91 Å². The van der Waals surface area contributed by atoms with Crippen LogP contribution in [-0.2, 0) is 30.8 Å². The highest BCUT2D eigenvalue weighted by molar-refractivity contribution is 5.82. The third-order valence-corrected chi connectivity index (χ3v) is 5.08. The highest BCUT2D eigenvalue weighted by Crippen LogP contribution is 2.23. The van der Waals surface area contributed by atoms with Crippen LogP contribution in [0.15, 0.2) is 60.9 Å². The highest BCUT2D eigenvalue weighted by atomic mass is 16.2. The molecule has 1 aromatic heterocycles. The maximum absolute atomic E-state index is 13.0. The molecule has 140 valence electrons. The maximum Gasteiger partial charge on any atom is 0.238 e. The van der Waals surface area contributed by atoms with E-state index in [4.69, 9.17) is 5.26 Å². The lowest BCUT2D eigenvalue weighted by Crippen LogP contribution is -2.49. The lowest BCUT2D eigenvalue weighted by molar-refractivity contribution is -0.127. The first-order valence-corrected chi connectivity index (χ1v) is 9.29. The molecule has 6 nitrogen and oxygen atoms in total. The zero-order valence-electron chi connectivity index (χ0n) is 15.4. The van der Waals surface area contributed by atoms with Gasteiger partial charge in [-0.1, -0.05) is 42.5 Å². The molecule has 0 aliphatic carbocycles. The summed E-state index contributed by atoms with van der Waals surface area (Å²) < 4.78 is 0. The second-order valence-corrected chi connectivity index (χ2v) is 6.96. The summed E-state index contributed by atoms with van der Waals surface area (Å²) in [5.74, 6) is -0.00561. The number of nitrogens with one attached hydrogen (secondary N) is 2. The van der Waals surface area contributed by atoms with Crippen molar-refractivity contribution in [2.24, 2.45) is 0 Å². The van der Waals surface area contributed by atoms with E-state index in [1.165, 1.54) is 5.56 Å². The zero-order valence-corrected chi connectivity index (χ0v) is 15.4. The molecule has 1 aliphatic heterocycles. The lowest BCUT2D eigenvalue weighted by Gasteiger charge is -2.34. The van der Waals surface area contributed by atoms with Crippen LogP contribution in [0.1, 0.15) is 28.1 Å². The van der Waals surface area contributed by atoms with Gasteiger partial charge in [0.1, 0.15) is 0 Å². The van der Waals surface area contributed by atoms with Crippen LogP contribution in [0.2, 0.25) is 0 Å². The van der Waals surface area contributed by atoms with Crippen LogP contribution in [0.5, 0.6) is 0 Å². The molecule has 28 heavy (non-hydrogen) atoms. The fraction of sp³-hybridized carbons (Fsp3) is 0.227. The largest absolute Gasteiger partial charge is 0.351 e. The van der Waals surface area contributed by atoms with Gasteiger partial charge in [-0.05, 0) is 23.3 Å². The molecule has 2 N–H and O–H groups in total. The Morgan fingerprint density at radius 1 is 1.18 bits per heavy atom. The third-order valence-electron chi connectivity index (χ3n) is 5.08. The Hall–Kier alpha value is -3.43. The Morgan fingerprint density at radius 2 is 1.96 bits per heavy atom. The fourth-order valence-corrected chi connectivity index (χ4v) is 3.53. The second kappa shape index (κ2) is 8.07. The smallest absolute Gasteiger partial charge is 0.238 e. The number of aromatic amines is 1. The average molecular weight is 371 g/mol. The number of imidazole rings is 1. The first kappa shape index (κ1) is 18.0. The molecule has 1 aliphatic rings. The van der Waals surface area contributed by atoms with Crippen LogP contribution in [0.3, 0.4) is 0 Å². The predicted molar refractivity (Wildman–Crippen MR) is 105 cm³/mol. The summed E-state index contributed by atoms with van der Waals surface area (Å²) in [6, 6.07) is 19.3.